The van der Waals surface area contributed by atoms with Crippen LogP contribution >= 0.6 is 0 Å². The maximum atomic E-state index is 4.15. The minimum absolute atomic E-state index is 0.467. The van der Waals surface area contributed by atoms with Crippen molar-refractivity contribution < 1.29 is 0 Å². The monoisotopic (exact) mass is 265 g/mol. The molecule has 0 aromatic rings. The Kier molecular flexibility index (Phi) is 6.59. The summed E-state index contributed by atoms with van der Waals surface area (Å²) in [5.74, 6) is 2.60. The van der Waals surface area contributed by atoms with Crippen molar-refractivity contribution in [2.24, 2.45) is 23.2 Å². The van der Waals surface area contributed by atoms with Crippen LogP contribution in [0.4, 0.5) is 0 Å². The van der Waals surface area contributed by atoms with E-state index in [9.17, 15) is 0 Å². The highest BCUT2D eigenvalue weighted by atomic mass is 14.9. The van der Waals surface area contributed by atoms with Crippen LogP contribution in [0.1, 0.15) is 66.7 Å². The van der Waals surface area contributed by atoms with E-state index in [0.717, 1.165) is 17.8 Å². The second-order valence-corrected chi connectivity index (χ2v) is 7.76. The van der Waals surface area contributed by atoms with E-state index in [-0.39, 0.29) is 0 Å². The summed E-state index contributed by atoms with van der Waals surface area (Å²) in [5, 5.41) is 3.63. The highest BCUT2D eigenvalue weighted by Gasteiger charge is 2.35. The molecule has 1 rings (SSSR count). The van der Waals surface area contributed by atoms with E-state index < -0.39 is 0 Å². The number of allylic oxidation sites excluding steroid dienone is 1. The highest BCUT2D eigenvalue weighted by molar-refractivity contribution is 4.96. The zero-order valence-electron chi connectivity index (χ0n) is 13.9. The zero-order valence-corrected chi connectivity index (χ0v) is 13.9. The van der Waals surface area contributed by atoms with Crippen LogP contribution in [0.5, 0.6) is 0 Å². The van der Waals surface area contributed by atoms with E-state index in [1.54, 1.807) is 0 Å². The molecule has 0 radical (unpaired) electrons. The quantitative estimate of drug-likeness (QED) is 0.524. The van der Waals surface area contributed by atoms with Gasteiger partial charge in [0.1, 0.15) is 0 Å². The molecule has 0 bridgehead atoms. The standard InChI is InChI=1S/C18H35N/c1-7-10-19-13-15-8-9-17(18(4,5)6)12-16(15)11-14(2)3/h15-17,19H,2,7-13H2,1,3-6H3. The van der Waals surface area contributed by atoms with Crippen LogP contribution in [0, 0.1) is 23.2 Å². The Balaban J connectivity index is 2.59. The summed E-state index contributed by atoms with van der Waals surface area (Å²) in [7, 11) is 0. The van der Waals surface area contributed by atoms with Gasteiger partial charge in [-0.05, 0) is 75.3 Å². The van der Waals surface area contributed by atoms with Crippen molar-refractivity contribution >= 4 is 0 Å². The number of hydrogen-bond acceptors (Lipinski definition) is 1. The van der Waals surface area contributed by atoms with Crippen LogP contribution in [0.25, 0.3) is 0 Å². The van der Waals surface area contributed by atoms with Crippen molar-refractivity contribution in [3.63, 3.8) is 0 Å². The first-order chi connectivity index (χ1) is 8.84. The summed E-state index contributed by atoms with van der Waals surface area (Å²) < 4.78 is 0. The topological polar surface area (TPSA) is 12.0 Å². The molecule has 1 aliphatic carbocycles. The van der Waals surface area contributed by atoms with E-state index in [4.69, 9.17) is 0 Å². The van der Waals surface area contributed by atoms with Crippen molar-refractivity contribution in [2.45, 2.75) is 66.7 Å². The molecule has 1 saturated carbocycles. The molecular formula is C18H35N. The van der Waals surface area contributed by atoms with Crippen LogP contribution in [0.15, 0.2) is 12.2 Å². The first kappa shape index (κ1) is 16.8. The Bertz CT molecular complexity index is 274. The largest absolute Gasteiger partial charge is 0.316 e. The normalized spacial score (nSPS) is 28.4. The van der Waals surface area contributed by atoms with Gasteiger partial charge in [-0.25, -0.2) is 0 Å². The van der Waals surface area contributed by atoms with Gasteiger partial charge >= 0.3 is 0 Å². The maximum absolute atomic E-state index is 4.15. The predicted molar refractivity (Wildman–Crippen MR) is 86.4 cm³/mol. The second-order valence-electron chi connectivity index (χ2n) is 7.76. The summed E-state index contributed by atoms with van der Waals surface area (Å²) in [6.07, 6.45) is 6.67. The molecule has 0 heterocycles. The Morgan fingerprint density at radius 2 is 1.89 bits per heavy atom. The third kappa shape index (κ3) is 5.69. The lowest BCUT2D eigenvalue weighted by Crippen LogP contribution is -2.37. The summed E-state index contributed by atoms with van der Waals surface area (Å²) in [6.45, 7) is 18.2. The van der Waals surface area contributed by atoms with Crippen LogP contribution in [-0.4, -0.2) is 13.1 Å². The van der Waals surface area contributed by atoms with Gasteiger partial charge in [0.2, 0.25) is 0 Å². The molecule has 112 valence electrons. The Hall–Kier alpha value is -0.300. The molecule has 0 saturated heterocycles. The minimum Gasteiger partial charge on any atom is -0.316 e. The summed E-state index contributed by atoms with van der Waals surface area (Å²) in [5.41, 5.74) is 1.83. The molecule has 0 aromatic heterocycles. The van der Waals surface area contributed by atoms with Gasteiger partial charge in [-0.1, -0.05) is 33.3 Å². The average Bonchev–Trinajstić information content (AvgIpc) is 2.29. The van der Waals surface area contributed by atoms with E-state index >= 15 is 0 Å². The summed E-state index contributed by atoms with van der Waals surface area (Å²) in [6, 6.07) is 0. The zero-order chi connectivity index (χ0) is 14.5. The van der Waals surface area contributed by atoms with Gasteiger partial charge in [0.05, 0.1) is 0 Å². The van der Waals surface area contributed by atoms with E-state index in [1.165, 1.54) is 50.8 Å². The maximum Gasteiger partial charge on any atom is -0.00178 e. The third-order valence-corrected chi connectivity index (χ3v) is 4.81. The lowest BCUT2D eigenvalue weighted by atomic mass is 9.64. The molecule has 1 heteroatoms. The van der Waals surface area contributed by atoms with Gasteiger partial charge in [0, 0.05) is 0 Å². The van der Waals surface area contributed by atoms with Gasteiger partial charge in [-0.3, -0.25) is 0 Å². The fourth-order valence-corrected chi connectivity index (χ4v) is 3.54. The lowest BCUT2D eigenvalue weighted by molar-refractivity contribution is 0.0972. The number of hydrogen-bond donors (Lipinski definition) is 1. The lowest BCUT2D eigenvalue weighted by Gasteiger charge is -2.42. The van der Waals surface area contributed by atoms with Crippen LogP contribution in [0.2, 0.25) is 0 Å². The van der Waals surface area contributed by atoms with Gasteiger partial charge in [0.15, 0.2) is 0 Å². The molecular weight excluding hydrogens is 230 g/mol. The number of rotatable bonds is 6. The molecule has 0 aromatic carbocycles. The van der Waals surface area contributed by atoms with E-state index in [0.29, 0.717) is 5.41 Å². The Labute approximate surface area is 121 Å². The van der Waals surface area contributed by atoms with Crippen molar-refractivity contribution in [2.75, 3.05) is 13.1 Å². The molecule has 1 fully saturated rings. The predicted octanol–water partition coefficient (Wildman–Crippen LogP) is 5.03. The third-order valence-electron chi connectivity index (χ3n) is 4.81. The van der Waals surface area contributed by atoms with Crippen molar-refractivity contribution in [1.29, 1.82) is 0 Å². The Morgan fingerprint density at radius 1 is 1.21 bits per heavy atom. The van der Waals surface area contributed by atoms with E-state index in [2.05, 4.69) is 46.5 Å². The Morgan fingerprint density at radius 3 is 2.42 bits per heavy atom. The van der Waals surface area contributed by atoms with Crippen LogP contribution < -0.4 is 5.32 Å². The first-order valence-electron chi connectivity index (χ1n) is 8.19. The fourth-order valence-electron chi connectivity index (χ4n) is 3.54. The number of nitrogens with one attached hydrogen (secondary N) is 1. The minimum atomic E-state index is 0.467. The second kappa shape index (κ2) is 7.47. The molecule has 3 unspecified atom stereocenters. The smallest absolute Gasteiger partial charge is 0.00178 e. The van der Waals surface area contributed by atoms with Crippen molar-refractivity contribution in [1.82, 2.24) is 5.32 Å². The molecule has 1 aliphatic rings. The summed E-state index contributed by atoms with van der Waals surface area (Å²) >= 11 is 0. The first-order valence-corrected chi connectivity index (χ1v) is 8.19. The molecule has 0 spiro atoms. The van der Waals surface area contributed by atoms with Crippen LogP contribution in [-0.2, 0) is 0 Å². The SMILES string of the molecule is C=C(C)CC1CC(C(C)(C)C)CCC1CNCCC. The molecule has 19 heavy (non-hydrogen) atoms. The van der Waals surface area contributed by atoms with Crippen molar-refractivity contribution in [3.8, 4) is 0 Å². The molecule has 0 amide bonds. The van der Waals surface area contributed by atoms with Crippen LogP contribution in [0.3, 0.4) is 0 Å². The fraction of sp³-hybridized carbons (Fsp3) is 0.889. The van der Waals surface area contributed by atoms with Gasteiger partial charge in [-0.15, -0.1) is 6.58 Å². The van der Waals surface area contributed by atoms with E-state index in [1.807, 2.05) is 0 Å². The molecule has 1 nitrogen and oxygen atoms in total. The van der Waals surface area contributed by atoms with Crippen molar-refractivity contribution in [3.05, 3.63) is 12.2 Å². The molecule has 3 atom stereocenters. The molecule has 0 aliphatic heterocycles. The highest BCUT2D eigenvalue weighted by Crippen LogP contribution is 2.44. The van der Waals surface area contributed by atoms with Gasteiger partial charge in [0.25, 0.3) is 0 Å². The summed E-state index contributed by atoms with van der Waals surface area (Å²) in [4.78, 5) is 0. The molecule has 1 N–H and O–H groups in total. The average molecular weight is 265 g/mol. The van der Waals surface area contributed by atoms with Gasteiger partial charge < -0.3 is 5.32 Å². The van der Waals surface area contributed by atoms with Gasteiger partial charge in [-0.2, -0.15) is 0 Å².